The van der Waals surface area contributed by atoms with E-state index in [9.17, 15) is 9.90 Å². The lowest BCUT2D eigenvalue weighted by Gasteiger charge is -2.03. The van der Waals surface area contributed by atoms with Gasteiger partial charge in [0, 0.05) is 10.9 Å². The third-order valence-electron chi connectivity index (χ3n) is 4.54. The van der Waals surface area contributed by atoms with Crippen molar-refractivity contribution in [1.82, 2.24) is 9.97 Å². The first-order valence-corrected chi connectivity index (χ1v) is 9.43. The van der Waals surface area contributed by atoms with E-state index >= 15 is 0 Å². The summed E-state index contributed by atoms with van der Waals surface area (Å²) in [6, 6.07) is 13.3. The Bertz CT molecular complexity index is 1060. The molecule has 4 rings (SSSR count). The lowest BCUT2D eigenvalue weighted by atomic mass is 10.0. The van der Waals surface area contributed by atoms with Crippen molar-refractivity contribution in [3.63, 3.8) is 0 Å². The summed E-state index contributed by atoms with van der Waals surface area (Å²) in [5.41, 5.74) is 9.97. The van der Waals surface area contributed by atoms with Crippen molar-refractivity contribution in [3.8, 4) is 10.7 Å². The molecule has 0 spiro atoms. The fourth-order valence-electron chi connectivity index (χ4n) is 3.25. The lowest BCUT2D eigenvalue weighted by Crippen LogP contribution is -1.99. The van der Waals surface area contributed by atoms with E-state index in [1.807, 2.05) is 24.3 Å². The number of carboxylic acids is 1. The number of aromatic amines is 1. The van der Waals surface area contributed by atoms with E-state index in [0.29, 0.717) is 12.1 Å². The zero-order chi connectivity index (χ0) is 18.1. The van der Waals surface area contributed by atoms with Crippen LogP contribution in [0, 0.1) is 0 Å². The number of nitrogens with zero attached hydrogens (tertiary/aromatic N) is 1. The molecule has 0 aliphatic carbocycles. The number of benzene rings is 2. The van der Waals surface area contributed by atoms with Crippen molar-refractivity contribution in [2.75, 3.05) is 6.54 Å². The Kier molecular flexibility index (Phi) is 4.44. The number of carbonyl (C=O) groups is 1. The first kappa shape index (κ1) is 16.8. The van der Waals surface area contributed by atoms with Crippen LogP contribution >= 0.6 is 11.3 Å². The minimum absolute atomic E-state index is 0.299. The Hall–Kier alpha value is -2.70. The molecule has 0 saturated carbocycles. The molecule has 0 saturated heterocycles. The summed E-state index contributed by atoms with van der Waals surface area (Å²) in [6.45, 7) is 0.652. The largest absolute Gasteiger partial charge is 0.478 e. The molecular formula is C20H19N3O2S. The molecule has 5 nitrogen and oxygen atoms in total. The first-order chi connectivity index (χ1) is 12.7. The molecule has 2 aromatic carbocycles. The maximum atomic E-state index is 11.4. The van der Waals surface area contributed by atoms with E-state index in [0.717, 1.165) is 56.6 Å². The highest BCUT2D eigenvalue weighted by Gasteiger charge is 2.17. The van der Waals surface area contributed by atoms with Crippen LogP contribution in [0.15, 0.2) is 42.5 Å². The van der Waals surface area contributed by atoms with Crippen LogP contribution in [0.4, 0.5) is 0 Å². The van der Waals surface area contributed by atoms with Crippen LogP contribution < -0.4 is 5.73 Å². The monoisotopic (exact) mass is 365 g/mol. The van der Waals surface area contributed by atoms with Crippen LogP contribution in [-0.2, 0) is 6.42 Å². The number of unbranched alkanes of at least 4 members (excludes halogenated alkanes) is 1. The molecule has 0 amide bonds. The van der Waals surface area contributed by atoms with E-state index in [-0.39, 0.29) is 0 Å². The van der Waals surface area contributed by atoms with Crippen molar-refractivity contribution >= 4 is 38.4 Å². The molecule has 0 aliphatic heterocycles. The van der Waals surface area contributed by atoms with Gasteiger partial charge in [0.1, 0.15) is 5.01 Å². The summed E-state index contributed by atoms with van der Waals surface area (Å²) in [6.07, 6.45) is 2.73. The van der Waals surface area contributed by atoms with E-state index < -0.39 is 5.97 Å². The van der Waals surface area contributed by atoms with Crippen molar-refractivity contribution in [3.05, 3.63) is 53.6 Å². The molecule has 2 aromatic heterocycles. The molecule has 0 radical (unpaired) electrons. The third kappa shape index (κ3) is 2.98. The van der Waals surface area contributed by atoms with Gasteiger partial charge in [-0.3, -0.25) is 0 Å². The second-order valence-corrected chi connectivity index (χ2v) is 7.31. The summed E-state index contributed by atoms with van der Waals surface area (Å²) >= 11 is 1.65. The zero-order valence-electron chi connectivity index (χ0n) is 14.2. The van der Waals surface area contributed by atoms with Crippen LogP contribution in [0.5, 0.6) is 0 Å². The lowest BCUT2D eigenvalue weighted by molar-refractivity contribution is 0.0697. The molecule has 132 valence electrons. The van der Waals surface area contributed by atoms with Gasteiger partial charge in [-0.05, 0) is 61.7 Å². The van der Waals surface area contributed by atoms with Gasteiger partial charge in [-0.15, -0.1) is 11.3 Å². The van der Waals surface area contributed by atoms with E-state index in [1.165, 1.54) is 0 Å². The number of nitrogens with one attached hydrogen (secondary N) is 1. The normalized spacial score (nSPS) is 11.4. The number of rotatable bonds is 6. The Morgan fingerprint density at radius 3 is 2.81 bits per heavy atom. The Balaban J connectivity index is 1.88. The van der Waals surface area contributed by atoms with Crippen LogP contribution in [0.1, 0.15) is 28.8 Å². The summed E-state index contributed by atoms with van der Waals surface area (Å²) in [7, 11) is 0. The first-order valence-electron chi connectivity index (χ1n) is 8.61. The molecule has 4 aromatic rings. The van der Waals surface area contributed by atoms with E-state index in [1.54, 1.807) is 23.5 Å². The van der Waals surface area contributed by atoms with Crippen LogP contribution in [-0.4, -0.2) is 27.6 Å². The number of aromatic nitrogens is 2. The predicted molar refractivity (Wildman–Crippen MR) is 106 cm³/mol. The third-order valence-corrected chi connectivity index (χ3v) is 5.60. The molecule has 2 heterocycles. The summed E-state index contributed by atoms with van der Waals surface area (Å²) in [4.78, 5) is 19.6. The fraction of sp³-hybridized carbons (Fsp3) is 0.200. The number of hydrogen-bond acceptors (Lipinski definition) is 4. The van der Waals surface area contributed by atoms with Crippen molar-refractivity contribution in [2.24, 2.45) is 5.73 Å². The standard InChI is InChI=1S/C20H19N3O2S/c21-10-4-3-5-13-14-11-12(20(24)25)8-9-15(14)22-18(13)19-23-16-6-1-2-7-17(16)26-19/h1-2,6-9,11,22H,3-5,10,21H2,(H,24,25). The van der Waals surface area contributed by atoms with Crippen molar-refractivity contribution < 1.29 is 9.90 Å². The van der Waals surface area contributed by atoms with Crippen LogP contribution in [0.2, 0.25) is 0 Å². The summed E-state index contributed by atoms with van der Waals surface area (Å²) in [5.74, 6) is -0.914. The van der Waals surface area contributed by atoms with E-state index in [4.69, 9.17) is 10.7 Å². The average Bonchev–Trinajstić information content (AvgIpc) is 3.22. The molecule has 0 bridgehead atoms. The fourth-order valence-corrected chi connectivity index (χ4v) is 4.24. The van der Waals surface area contributed by atoms with Gasteiger partial charge < -0.3 is 15.8 Å². The average molecular weight is 365 g/mol. The smallest absolute Gasteiger partial charge is 0.335 e. The minimum atomic E-state index is -0.914. The molecule has 0 fully saturated rings. The van der Waals surface area contributed by atoms with Gasteiger partial charge in [0.2, 0.25) is 0 Å². The second kappa shape index (κ2) is 6.90. The number of fused-ring (bicyclic) bond motifs is 2. The van der Waals surface area contributed by atoms with Gasteiger partial charge >= 0.3 is 5.97 Å². The molecule has 26 heavy (non-hydrogen) atoms. The van der Waals surface area contributed by atoms with Gasteiger partial charge in [-0.1, -0.05) is 12.1 Å². The molecule has 0 unspecified atom stereocenters. The Morgan fingerprint density at radius 1 is 1.19 bits per heavy atom. The number of para-hydroxylation sites is 1. The molecular weight excluding hydrogens is 346 g/mol. The predicted octanol–water partition coefficient (Wildman–Crippen LogP) is 4.42. The van der Waals surface area contributed by atoms with Gasteiger partial charge in [0.05, 0.1) is 21.5 Å². The maximum absolute atomic E-state index is 11.4. The highest BCUT2D eigenvalue weighted by Crippen LogP contribution is 2.36. The van der Waals surface area contributed by atoms with Gasteiger partial charge in [0.15, 0.2) is 0 Å². The number of thiazole rings is 1. The Labute approximate surface area is 154 Å². The highest BCUT2D eigenvalue weighted by molar-refractivity contribution is 7.21. The van der Waals surface area contributed by atoms with Crippen molar-refractivity contribution in [1.29, 1.82) is 0 Å². The molecule has 0 aliphatic rings. The highest BCUT2D eigenvalue weighted by atomic mass is 32.1. The quantitative estimate of drug-likeness (QED) is 0.441. The maximum Gasteiger partial charge on any atom is 0.335 e. The van der Waals surface area contributed by atoms with E-state index in [2.05, 4.69) is 11.1 Å². The zero-order valence-corrected chi connectivity index (χ0v) is 15.0. The minimum Gasteiger partial charge on any atom is -0.478 e. The van der Waals surface area contributed by atoms with Crippen LogP contribution in [0.25, 0.3) is 31.8 Å². The molecule has 0 atom stereocenters. The van der Waals surface area contributed by atoms with Crippen LogP contribution in [0.3, 0.4) is 0 Å². The second-order valence-electron chi connectivity index (χ2n) is 6.28. The number of nitrogens with two attached hydrogens (primary N) is 1. The van der Waals surface area contributed by atoms with Crippen molar-refractivity contribution in [2.45, 2.75) is 19.3 Å². The molecule has 6 heteroatoms. The SMILES string of the molecule is NCCCCc1c(-c2nc3ccccc3s2)[nH]c2ccc(C(=O)O)cc12. The number of aryl methyl sites for hydroxylation is 1. The topological polar surface area (TPSA) is 92.0 Å². The number of hydrogen-bond donors (Lipinski definition) is 3. The number of carboxylic acid groups (broad SMARTS) is 1. The Morgan fingerprint density at radius 2 is 2.04 bits per heavy atom. The summed E-state index contributed by atoms with van der Waals surface area (Å²) < 4.78 is 1.14. The van der Waals surface area contributed by atoms with Gasteiger partial charge in [-0.2, -0.15) is 0 Å². The summed E-state index contributed by atoms with van der Waals surface area (Å²) in [5, 5.41) is 11.2. The number of H-pyrrole nitrogens is 1. The number of aromatic carboxylic acids is 1. The molecule has 4 N–H and O–H groups in total. The van der Waals surface area contributed by atoms with Gasteiger partial charge in [-0.25, -0.2) is 9.78 Å². The van der Waals surface area contributed by atoms with Gasteiger partial charge in [0.25, 0.3) is 0 Å².